The number of ether oxygens (including phenoxy) is 4. The van der Waals surface area contributed by atoms with Gasteiger partial charge in [-0.15, -0.1) is 0 Å². The molecule has 0 saturated heterocycles. The Kier molecular flexibility index (Phi) is 3.29. The minimum Gasteiger partial charge on any atom is -0.454 e. The summed E-state index contributed by atoms with van der Waals surface area (Å²) in [6.07, 6.45) is 0. The van der Waals surface area contributed by atoms with Crippen molar-refractivity contribution < 1.29 is 32.9 Å². The van der Waals surface area contributed by atoms with Crippen LogP contribution in [0.15, 0.2) is 36.4 Å². The smallest absolute Gasteiger partial charge is 0.454 e. The Morgan fingerprint density at radius 2 is 1.18 bits per heavy atom. The van der Waals surface area contributed by atoms with E-state index in [2.05, 4.69) is 0 Å². The van der Waals surface area contributed by atoms with Crippen LogP contribution in [0.5, 0.6) is 34.5 Å². The second-order valence-corrected chi connectivity index (χ2v) is 5.29. The molecule has 2 aliphatic rings. The van der Waals surface area contributed by atoms with Crippen molar-refractivity contribution in [3.63, 3.8) is 0 Å². The fourth-order valence-electron chi connectivity index (χ4n) is 2.07. The molecule has 4 rings (SSSR count). The fourth-order valence-corrected chi connectivity index (χ4v) is 2.69. The number of benzene rings is 2. The van der Waals surface area contributed by atoms with Gasteiger partial charge < -0.3 is 32.9 Å². The average molecular weight is 322 g/mol. The summed E-state index contributed by atoms with van der Waals surface area (Å²) in [7, 11) is -2.14. The van der Waals surface area contributed by atoms with Crippen LogP contribution in [0.4, 0.5) is 0 Å². The second-order valence-electron chi connectivity index (χ2n) is 4.45. The zero-order valence-electron chi connectivity index (χ0n) is 11.2. The van der Waals surface area contributed by atoms with E-state index >= 15 is 0 Å². The Balaban J connectivity index is 1.43. The van der Waals surface area contributed by atoms with E-state index in [1.165, 1.54) is 0 Å². The maximum atomic E-state index is 9.93. The maximum absolute atomic E-state index is 9.93. The van der Waals surface area contributed by atoms with Crippen LogP contribution in [0.2, 0.25) is 0 Å². The second kappa shape index (κ2) is 5.44. The van der Waals surface area contributed by atoms with E-state index in [1.807, 2.05) is 0 Å². The minimum atomic E-state index is -2.14. The summed E-state index contributed by atoms with van der Waals surface area (Å²) in [4.78, 5) is 9.93. The Morgan fingerprint density at radius 1 is 0.727 bits per heavy atom. The van der Waals surface area contributed by atoms with Gasteiger partial charge in [0.25, 0.3) is 0 Å². The number of rotatable bonds is 4. The van der Waals surface area contributed by atoms with Gasteiger partial charge in [-0.25, -0.2) is 0 Å². The lowest BCUT2D eigenvalue weighted by atomic mass is 10.3. The molecule has 1 N–H and O–H groups in total. The van der Waals surface area contributed by atoms with Crippen LogP contribution >= 0.6 is 8.60 Å². The van der Waals surface area contributed by atoms with E-state index < -0.39 is 8.60 Å². The Hall–Kier alpha value is -2.37. The van der Waals surface area contributed by atoms with Crippen molar-refractivity contribution in [2.45, 2.75) is 0 Å². The summed E-state index contributed by atoms with van der Waals surface area (Å²) < 4.78 is 31.6. The summed E-state index contributed by atoms with van der Waals surface area (Å²) in [5.74, 6) is 3.29. The highest BCUT2D eigenvalue weighted by molar-refractivity contribution is 7.41. The van der Waals surface area contributed by atoms with Crippen LogP contribution in [0.3, 0.4) is 0 Å². The molecule has 2 aliphatic heterocycles. The SMILES string of the molecule is OP(Oc1ccc2c(c1)OCO2)Oc1ccc2c(c1)OCO2. The zero-order valence-corrected chi connectivity index (χ0v) is 12.1. The highest BCUT2D eigenvalue weighted by Gasteiger charge is 2.19. The lowest BCUT2D eigenvalue weighted by Crippen LogP contribution is -1.95. The molecule has 7 nitrogen and oxygen atoms in total. The highest BCUT2D eigenvalue weighted by atomic mass is 31.2. The van der Waals surface area contributed by atoms with Gasteiger partial charge in [-0.2, -0.15) is 0 Å². The van der Waals surface area contributed by atoms with Gasteiger partial charge in [-0.3, -0.25) is 0 Å². The van der Waals surface area contributed by atoms with Crippen LogP contribution in [0.25, 0.3) is 0 Å². The molecular formula is C14H11O7P. The van der Waals surface area contributed by atoms with E-state index in [0.717, 1.165) is 0 Å². The molecule has 2 heterocycles. The molecule has 0 unspecified atom stereocenters. The van der Waals surface area contributed by atoms with Crippen molar-refractivity contribution in [2.75, 3.05) is 13.6 Å². The maximum Gasteiger partial charge on any atom is 0.460 e. The summed E-state index contributed by atoms with van der Waals surface area (Å²) in [5.41, 5.74) is 0. The first-order valence-corrected chi connectivity index (χ1v) is 7.55. The van der Waals surface area contributed by atoms with E-state index in [0.29, 0.717) is 34.5 Å². The third-order valence-electron chi connectivity index (χ3n) is 3.06. The quantitative estimate of drug-likeness (QED) is 0.867. The van der Waals surface area contributed by atoms with Crippen LogP contribution in [0.1, 0.15) is 0 Å². The Morgan fingerprint density at radius 3 is 1.68 bits per heavy atom. The molecular weight excluding hydrogens is 311 g/mol. The van der Waals surface area contributed by atoms with Gasteiger partial charge in [0.05, 0.1) is 0 Å². The van der Waals surface area contributed by atoms with Crippen molar-refractivity contribution in [3.8, 4) is 34.5 Å². The van der Waals surface area contributed by atoms with E-state index in [-0.39, 0.29) is 13.6 Å². The van der Waals surface area contributed by atoms with Crippen molar-refractivity contribution in [2.24, 2.45) is 0 Å². The molecule has 114 valence electrons. The number of hydrogen-bond donors (Lipinski definition) is 1. The topological polar surface area (TPSA) is 75.6 Å². The standard InChI is InChI=1S/C14H11O7P/c15-22(20-9-1-3-11-13(5-9)18-7-16-11)21-10-2-4-12-14(6-10)19-8-17-12/h1-6,15H,7-8H2. The molecule has 8 heteroatoms. The minimum absolute atomic E-state index is 0.181. The first kappa shape index (κ1) is 13.3. The Bertz CT molecular complexity index is 646. The van der Waals surface area contributed by atoms with Crippen LogP contribution in [0, 0.1) is 0 Å². The fraction of sp³-hybridized carbons (Fsp3) is 0.143. The van der Waals surface area contributed by atoms with E-state index in [9.17, 15) is 4.89 Å². The van der Waals surface area contributed by atoms with Crippen LogP contribution in [-0.2, 0) is 0 Å². The van der Waals surface area contributed by atoms with Gasteiger partial charge in [0.1, 0.15) is 11.5 Å². The predicted molar refractivity (Wildman–Crippen MR) is 75.5 cm³/mol. The molecule has 0 radical (unpaired) electrons. The Labute approximate surface area is 126 Å². The molecule has 0 bridgehead atoms. The van der Waals surface area contributed by atoms with Gasteiger partial charge in [-0.1, -0.05) is 0 Å². The van der Waals surface area contributed by atoms with Crippen LogP contribution in [-0.4, -0.2) is 18.5 Å². The summed E-state index contributed by atoms with van der Waals surface area (Å²) in [5, 5.41) is 0. The monoisotopic (exact) mass is 322 g/mol. The van der Waals surface area contributed by atoms with Gasteiger partial charge in [0.15, 0.2) is 23.0 Å². The molecule has 22 heavy (non-hydrogen) atoms. The molecule has 0 atom stereocenters. The summed E-state index contributed by atoms with van der Waals surface area (Å²) in [6.45, 7) is 0.362. The third-order valence-corrected chi connectivity index (χ3v) is 3.79. The molecule has 2 aromatic carbocycles. The van der Waals surface area contributed by atoms with Crippen molar-refractivity contribution >= 4 is 8.60 Å². The van der Waals surface area contributed by atoms with Crippen molar-refractivity contribution in [3.05, 3.63) is 36.4 Å². The normalized spacial score (nSPS) is 14.3. The van der Waals surface area contributed by atoms with Crippen molar-refractivity contribution in [1.82, 2.24) is 0 Å². The van der Waals surface area contributed by atoms with Crippen molar-refractivity contribution in [1.29, 1.82) is 0 Å². The number of fused-ring (bicyclic) bond motifs is 2. The lowest BCUT2D eigenvalue weighted by molar-refractivity contribution is 0.173. The first-order chi connectivity index (χ1) is 10.8. The molecule has 0 fully saturated rings. The molecule has 2 aromatic rings. The number of hydrogen-bond acceptors (Lipinski definition) is 7. The highest BCUT2D eigenvalue weighted by Crippen LogP contribution is 2.43. The lowest BCUT2D eigenvalue weighted by Gasteiger charge is -2.12. The van der Waals surface area contributed by atoms with Gasteiger partial charge in [0.2, 0.25) is 13.6 Å². The largest absolute Gasteiger partial charge is 0.460 e. The third kappa shape index (κ3) is 2.56. The van der Waals surface area contributed by atoms with E-state index in [1.54, 1.807) is 36.4 Å². The van der Waals surface area contributed by atoms with Gasteiger partial charge in [-0.05, 0) is 24.3 Å². The molecule has 0 aromatic heterocycles. The summed E-state index contributed by atoms with van der Waals surface area (Å²) in [6, 6.07) is 10.0. The average Bonchev–Trinajstić information content (AvgIpc) is 3.14. The van der Waals surface area contributed by atoms with Gasteiger partial charge >= 0.3 is 8.60 Å². The molecule has 0 amide bonds. The van der Waals surface area contributed by atoms with E-state index in [4.69, 9.17) is 28.0 Å². The molecule has 0 saturated carbocycles. The zero-order chi connectivity index (χ0) is 14.9. The molecule has 0 aliphatic carbocycles. The summed E-state index contributed by atoms with van der Waals surface area (Å²) >= 11 is 0. The first-order valence-electron chi connectivity index (χ1n) is 6.42. The van der Waals surface area contributed by atoms with Gasteiger partial charge in [0, 0.05) is 12.1 Å². The van der Waals surface area contributed by atoms with Crippen LogP contribution < -0.4 is 28.0 Å². The molecule has 0 spiro atoms. The predicted octanol–water partition coefficient (Wildman–Crippen LogP) is 2.82.